The SMILES string of the molecule is CNc1cc(F)c(F)c2c1[nH]c1ncc(-c3cnc4c(c3)c(=O)c(C(=O)O)cn4NC)c(N3CCC4C3CCCN4C)c12. The number of rotatable bonds is 5. The van der Waals surface area contributed by atoms with Gasteiger partial charge in [0, 0.05) is 68.5 Å². The lowest BCUT2D eigenvalue weighted by Crippen LogP contribution is -2.48. The zero-order valence-electron chi connectivity index (χ0n) is 23.8. The number of anilines is 2. The van der Waals surface area contributed by atoms with Crippen molar-refractivity contribution in [3.63, 3.8) is 0 Å². The van der Waals surface area contributed by atoms with Gasteiger partial charge in [0.1, 0.15) is 11.2 Å². The second kappa shape index (κ2) is 9.90. The summed E-state index contributed by atoms with van der Waals surface area (Å²) in [6, 6.07) is 3.14. The molecule has 2 aliphatic rings. The summed E-state index contributed by atoms with van der Waals surface area (Å²) in [7, 11) is 5.35. The lowest BCUT2D eigenvalue weighted by atomic mass is 9.95. The molecule has 13 heteroatoms. The molecule has 0 aliphatic carbocycles. The summed E-state index contributed by atoms with van der Waals surface area (Å²) >= 11 is 0. The standard InChI is InChI=1S/C30H30F2N8O3/c1-33-19-10-18(31)24(32)22-23-26(39-8-6-20-21(39)5-4-7-38(20)3)16(12-35-28(23)37-25(19)22)14-9-15-27(41)17(30(42)43)13-40(34-2)29(15)36-11-14/h9-13,20-21,33-34H,4-8H2,1-3H3,(H,35,37)(H,42,43). The maximum Gasteiger partial charge on any atom is 0.341 e. The Bertz CT molecular complexity index is 2020. The Hall–Kier alpha value is -4.78. The Kier molecular flexibility index (Phi) is 6.24. The molecule has 2 atom stereocenters. The van der Waals surface area contributed by atoms with Gasteiger partial charge in [-0.2, -0.15) is 0 Å². The minimum absolute atomic E-state index is 0.0933. The van der Waals surface area contributed by atoms with E-state index in [0.29, 0.717) is 51.6 Å². The van der Waals surface area contributed by atoms with E-state index in [2.05, 4.69) is 42.5 Å². The summed E-state index contributed by atoms with van der Waals surface area (Å²) in [4.78, 5) is 42.2. The first kappa shape index (κ1) is 27.1. The molecule has 2 fully saturated rings. The number of hydrogen-bond acceptors (Lipinski definition) is 8. The van der Waals surface area contributed by atoms with E-state index in [4.69, 9.17) is 0 Å². The maximum atomic E-state index is 15.7. The van der Waals surface area contributed by atoms with Crippen LogP contribution in [0.3, 0.4) is 0 Å². The Balaban J connectivity index is 1.57. The van der Waals surface area contributed by atoms with Gasteiger partial charge in [0.15, 0.2) is 17.3 Å². The highest BCUT2D eigenvalue weighted by Gasteiger charge is 2.41. The van der Waals surface area contributed by atoms with Gasteiger partial charge in [-0.15, -0.1) is 0 Å². The van der Waals surface area contributed by atoms with Gasteiger partial charge in [-0.25, -0.2) is 28.2 Å². The van der Waals surface area contributed by atoms with Gasteiger partial charge < -0.3 is 30.6 Å². The first-order valence-corrected chi connectivity index (χ1v) is 14.2. The fraction of sp³-hybridized carbons (Fsp3) is 0.333. The van der Waals surface area contributed by atoms with Crippen molar-refractivity contribution in [2.45, 2.75) is 31.3 Å². The number of benzene rings is 1. The Morgan fingerprint density at radius 3 is 2.65 bits per heavy atom. The number of carboxylic acid groups (broad SMARTS) is 1. The number of nitrogens with one attached hydrogen (secondary N) is 3. The fourth-order valence-electron chi connectivity index (χ4n) is 7.02. The Morgan fingerprint density at radius 1 is 1.09 bits per heavy atom. The molecule has 1 aromatic carbocycles. The van der Waals surface area contributed by atoms with Crippen LogP contribution < -0.4 is 21.1 Å². The van der Waals surface area contributed by atoms with Crippen molar-refractivity contribution >= 4 is 50.3 Å². The number of aromatic nitrogens is 4. The summed E-state index contributed by atoms with van der Waals surface area (Å²) in [5.74, 6) is -3.31. The number of H-pyrrole nitrogens is 1. The Labute approximate surface area is 244 Å². The highest BCUT2D eigenvalue weighted by Crippen LogP contribution is 2.46. The fourth-order valence-corrected chi connectivity index (χ4v) is 7.02. The molecule has 2 aliphatic heterocycles. The lowest BCUT2D eigenvalue weighted by Gasteiger charge is -2.39. The van der Waals surface area contributed by atoms with E-state index in [-0.39, 0.29) is 22.5 Å². The van der Waals surface area contributed by atoms with Gasteiger partial charge in [-0.05, 0) is 38.9 Å². The number of aromatic carboxylic acids is 1. The van der Waals surface area contributed by atoms with E-state index < -0.39 is 28.6 Å². The molecule has 0 amide bonds. The van der Waals surface area contributed by atoms with Gasteiger partial charge in [-0.3, -0.25) is 4.79 Å². The Morgan fingerprint density at radius 2 is 1.91 bits per heavy atom. The number of likely N-dealkylation sites (tertiary alicyclic amines) is 1. The van der Waals surface area contributed by atoms with Gasteiger partial charge in [0.25, 0.3) is 0 Å². The van der Waals surface area contributed by atoms with Crippen LogP contribution in [0.15, 0.2) is 35.5 Å². The summed E-state index contributed by atoms with van der Waals surface area (Å²) in [6.07, 6.45) is 7.28. The third-order valence-corrected chi connectivity index (χ3v) is 9.03. The van der Waals surface area contributed by atoms with Crippen molar-refractivity contribution < 1.29 is 18.7 Å². The molecule has 0 saturated carbocycles. The molecule has 4 aromatic heterocycles. The van der Waals surface area contributed by atoms with Gasteiger partial charge in [0.2, 0.25) is 5.43 Å². The number of carboxylic acids is 1. The third-order valence-electron chi connectivity index (χ3n) is 9.03. The van der Waals surface area contributed by atoms with Gasteiger partial charge in [-0.1, -0.05) is 0 Å². The van der Waals surface area contributed by atoms with Crippen LogP contribution in [0, 0.1) is 11.6 Å². The largest absolute Gasteiger partial charge is 0.477 e. The number of pyridine rings is 3. The molecule has 4 N–H and O–H groups in total. The van der Waals surface area contributed by atoms with Crippen molar-refractivity contribution in [1.82, 2.24) is 24.5 Å². The van der Waals surface area contributed by atoms with Gasteiger partial charge >= 0.3 is 5.97 Å². The zero-order valence-corrected chi connectivity index (χ0v) is 23.8. The summed E-state index contributed by atoms with van der Waals surface area (Å²) in [6.45, 7) is 1.68. The molecule has 0 bridgehead atoms. The first-order chi connectivity index (χ1) is 20.7. The van der Waals surface area contributed by atoms with Crippen LogP contribution in [0.5, 0.6) is 0 Å². The number of fused-ring (bicyclic) bond motifs is 5. The van der Waals surface area contributed by atoms with E-state index >= 15 is 4.39 Å². The summed E-state index contributed by atoms with van der Waals surface area (Å²) in [5.41, 5.74) is 5.00. The van der Waals surface area contributed by atoms with Crippen molar-refractivity contribution in [1.29, 1.82) is 0 Å². The predicted octanol–water partition coefficient (Wildman–Crippen LogP) is 3.96. The monoisotopic (exact) mass is 588 g/mol. The molecule has 11 nitrogen and oxygen atoms in total. The number of aromatic amines is 1. The van der Waals surface area contributed by atoms with E-state index in [0.717, 1.165) is 31.9 Å². The van der Waals surface area contributed by atoms with E-state index in [9.17, 15) is 19.1 Å². The van der Waals surface area contributed by atoms with E-state index in [1.54, 1.807) is 32.6 Å². The highest BCUT2D eigenvalue weighted by molar-refractivity contribution is 6.18. The molecule has 7 rings (SSSR count). The molecule has 2 unspecified atom stereocenters. The minimum Gasteiger partial charge on any atom is -0.477 e. The molecular weight excluding hydrogens is 558 g/mol. The van der Waals surface area contributed by atoms with Crippen molar-refractivity contribution in [2.24, 2.45) is 0 Å². The van der Waals surface area contributed by atoms with Crippen LogP contribution in [0.4, 0.5) is 20.2 Å². The molecule has 222 valence electrons. The third kappa shape index (κ3) is 3.94. The van der Waals surface area contributed by atoms with Crippen LogP contribution in [0.25, 0.3) is 44.1 Å². The number of likely N-dealkylation sites (N-methyl/N-ethyl adjacent to an activating group) is 1. The topological polar surface area (TPSA) is 131 Å². The smallest absolute Gasteiger partial charge is 0.341 e. The molecule has 5 aromatic rings. The zero-order chi connectivity index (χ0) is 30.2. The molecule has 0 spiro atoms. The van der Waals surface area contributed by atoms with Crippen molar-refractivity contribution in [2.75, 3.05) is 49.9 Å². The first-order valence-electron chi connectivity index (χ1n) is 14.2. The number of halogens is 2. The average molecular weight is 589 g/mol. The van der Waals surface area contributed by atoms with Crippen LogP contribution in [0.2, 0.25) is 0 Å². The molecular formula is C30H30F2N8O3. The average Bonchev–Trinajstić information content (AvgIpc) is 3.61. The quantitative estimate of drug-likeness (QED) is 0.241. The molecule has 0 radical (unpaired) electrons. The lowest BCUT2D eigenvalue weighted by molar-refractivity contribution is 0.0695. The van der Waals surface area contributed by atoms with Crippen LogP contribution in [-0.4, -0.2) is 81.9 Å². The molecule has 6 heterocycles. The van der Waals surface area contributed by atoms with Crippen molar-refractivity contribution in [3.8, 4) is 11.1 Å². The van der Waals surface area contributed by atoms with Crippen LogP contribution in [-0.2, 0) is 0 Å². The number of piperidine rings is 1. The number of hydrogen-bond donors (Lipinski definition) is 4. The minimum atomic E-state index is -1.36. The maximum absolute atomic E-state index is 15.7. The second-order valence-corrected chi connectivity index (χ2v) is 11.2. The number of nitrogens with zero attached hydrogens (tertiary/aromatic N) is 5. The van der Waals surface area contributed by atoms with E-state index in [1.165, 1.54) is 10.9 Å². The van der Waals surface area contributed by atoms with Crippen LogP contribution in [0.1, 0.15) is 29.6 Å². The second-order valence-electron chi connectivity index (χ2n) is 11.2. The van der Waals surface area contributed by atoms with Gasteiger partial charge in [0.05, 0.1) is 33.1 Å². The van der Waals surface area contributed by atoms with E-state index in [1.807, 2.05) is 0 Å². The molecule has 43 heavy (non-hydrogen) atoms. The highest BCUT2D eigenvalue weighted by atomic mass is 19.2. The molecule has 2 saturated heterocycles. The summed E-state index contributed by atoms with van der Waals surface area (Å²) in [5, 5.41) is 13.3. The normalized spacial score (nSPS) is 19.0. The predicted molar refractivity (Wildman–Crippen MR) is 162 cm³/mol. The van der Waals surface area contributed by atoms with Crippen LogP contribution >= 0.6 is 0 Å². The van der Waals surface area contributed by atoms with Crippen molar-refractivity contribution in [3.05, 3.63) is 58.1 Å². The summed E-state index contributed by atoms with van der Waals surface area (Å²) < 4.78 is 32.1. The number of carbonyl (C=O) groups is 1.